The lowest BCUT2D eigenvalue weighted by Gasteiger charge is -2.13. The van der Waals surface area contributed by atoms with Crippen molar-refractivity contribution in [3.8, 4) is 11.5 Å². The molecule has 0 unspecified atom stereocenters. The molecule has 140 valence electrons. The van der Waals surface area contributed by atoms with Crippen LogP contribution < -0.4 is 14.8 Å². The van der Waals surface area contributed by atoms with E-state index in [1.165, 1.54) is 17.0 Å². The Balaban J connectivity index is 2.10. The zero-order valence-corrected chi connectivity index (χ0v) is 15.6. The van der Waals surface area contributed by atoms with E-state index >= 15 is 0 Å². The second-order valence-electron chi connectivity index (χ2n) is 5.42. The minimum Gasteiger partial charge on any atom is -0.490 e. The summed E-state index contributed by atoms with van der Waals surface area (Å²) in [5.74, 6) is 0.391. The summed E-state index contributed by atoms with van der Waals surface area (Å²) in [5.41, 5.74) is -0.105. The smallest absolute Gasteiger partial charge is 0.296 e. The van der Waals surface area contributed by atoms with Crippen LogP contribution in [0, 0.1) is 10.1 Å². The summed E-state index contributed by atoms with van der Waals surface area (Å²) in [7, 11) is 0. The summed E-state index contributed by atoms with van der Waals surface area (Å²) in [5, 5.41) is 16.0. The van der Waals surface area contributed by atoms with Crippen molar-refractivity contribution in [3.05, 3.63) is 44.6 Å². The summed E-state index contributed by atoms with van der Waals surface area (Å²) in [4.78, 5) is 24.2. The normalized spacial score (nSPS) is 10.4. The van der Waals surface area contributed by atoms with Gasteiger partial charge in [-0.15, -0.1) is 11.3 Å². The third-order valence-corrected chi connectivity index (χ3v) is 4.48. The minimum atomic E-state index is -0.542. The molecule has 8 heteroatoms. The maximum atomic E-state index is 12.2. The van der Waals surface area contributed by atoms with E-state index in [2.05, 4.69) is 5.32 Å². The second kappa shape index (κ2) is 9.76. The van der Waals surface area contributed by atoms with Gasteiger partial charge in [-0.05, 0) is 38.1 Å². The first kappa shape index (κ1) is 19.7. The standard InChI is InChI=1S/C18H22N2O5S/c1-3-24-16-11-14(15(20(22)23)12-17(16)25-4-2)19-18(21)9-5-7-13-8-6-10-26-13/h6,8,10-12H,3-5,7,9H2,1-2H3,(H,19,21). The van der Waals surface area contributed by atoms with Crippen LogP contribution in [0.1, 0.15) is 31.6 Å². The summed E-state index contributed by atoms with van der Waals surface area (Å²) in [6.45, 7) is 4.32. The maximum absolute atomic E-state index is 12.2. The molecule has 2 aromatic rings. The average Bonchev–Trinajstić information content (AvgIpc) is 3.10. The Kier molecular flexibility index (Phi) is 7.40. The van der Waals surface area contributed by atoms with Gasteiger partial charge in [-0.25, -0.2) is 0 Å². The van der Waals surface area contributed by atoms with E-state index in [1.807, 2.05) is 17.5 Å². The third kappa shape index (κ3) is 5.45. The minimum absolute atomic E-state index is 0.114. The number of carbonyl (C=O) groups excluding carboxylic acids is 1. The number of anilines is 1. The van der Waals surface area contributed by atoms with E-state index in [-0.39, 0.29) is 29.5 Å². The van der Waals surface area contributed by atoms with Crippen LogP contribution in [-0.4, -0.2) is 24.0 Å². The monoisotopic (exact) mass is 378 g/mol. The lowest BCUT2D eigenvalue weighted by molar-refractivity contribution is -0.384. The highest BCUT2D eigenvalue weighted by molar-refractivity contribution is 7.09. The van der Waals surface area contributed by atoms with Crippen LogP contribution in [-0.2, 0) is 11.2 Å². The van der Waals surface area contributed by atoms with Gasteiger partial charge in [0.1, 0.15) is 5.69 Å². The number of thiophene rings is 1. The number of benzene rings is 1. The van der Waals surface area contributed by atoms with E-state index < -0.39 is 4.92 Å². The average molecular weight is 378 g/mol. The van der Waals surface area contributed by atoms with Gasteiger partial charge in [-0.1, -0.05) is 6.07 Å². The first-order chi connectivity index (χ1) is 12.5. The van der Waals surface area contributed by atoms with Crippen molar-refractivity contribution in [1.82, 2.24) is 0 Å². The van der Waals surface area contributed by atoms with Crippen molar-refractivity contribution in [2.45, 2.75) is 33.1 Å². The number of nitrogens with one attached hydrogen (secondary N) is 1. The topological polar surface area (TPSA) is 90.7 Å². The van der Waals surface area contributed by atoms with Gasteiger partial charge >= 0.3 is 0 Å². The van der Waals surface area contributed by atoms with Crippen LogP contribution in [0.3, 0.4) is 0 Å². The maximum Gasteiger partial charge on any atom is 0.296 e. The Morgan fingerprint density at radius 2 is 1.92 bits per heavy atom. The second-order valence-corrected chi connectivity index (χ2v) is 6.45. The number of amides is 1. The number of nitro benzene ring substituents is 1. The predicted molar refractivity (Wildman–Crippen MR) is 101 cm³/mol. The number of rotatable bonds is 10. The largest absolute Gasteiger partial charge is 0.490 e. The van der Waals surface area contributed by atoms with Gasteiger partial charge in [0, 0.05) is 17.4 Å². The number of nitro groups is 1. The molecule has 0 bridgehead atoms. The molecule has 0 fully saturated rings. The lowest BCUT2D eigenvalue weighted by Crippen LogP contribution is -2.13. The highest BCUT2D eigenvalue weighted by Gasteiger charge is 2.21. The molecule has 26 heavy (non-hydrogen) atoms. The lowest BCUT2D eigenvalue weighted by atomic mass is 10.2. The molecule has 1 aromatic carbocycles. The number of hydrogen-bond acceptors (Lipinski definition) is 6. The van der Waals surface area contributed by atoms with Crippen molar-refractivity contribution in [2.75, 3.05) is 18.5 Å². The van der Waals surface area contributed by atoms with Gasteiger partial charge < -0.3 is 14.8 Å². The van der Waals surface area contributed by atoms with E-state index in [0.29, 0.717) is 25.4 Å². The zero-order valence-electron chi connectivity index (χ0n) is 14.8. The fourth-order valence-electron chi connectivity index (χ4n) is 2.43. The van der Waals surface area contributed by atoms with E-state index in [0.717, 1.165) is 6.42 Å². The van der Waals surface area contributed by atoms with Gasteiger partial charge in [-0.2, -0.15) is 0 Å². The van der Waals surface area contributed by atoms with Crippen molar-refractivity contribution in [3.63, 3.8) is 0 Å². The number of carbonyl (C=O) groups is 1. The van der Waals surface area contributed by atoms with E-state index in [9.17, 15) is 14.9 Å². The van der Waals surface area contributed by atoms with Crippen molar-refractivity contribution in [1.29, 1.82) is 0 Å². The molecular weight excluding hydrogens is 356 g/mol. The SMILES string of the molecule is CCOc1cc(NC(=O)CCCc2cccs2)c([N+](=O)[O-])cc1OCC. The number of nitrogens with zero attached hydrogens (tertiary/aromatic N) is 1. The molecule has 1 aromatic heterocycles. The Bertz CT molecular complexity index is 746. The van der Waals surface area contributed by atoms with Gasteiger partial charge in [0.15, 0.2) is 11.5 Å². The van der Waals surface area contributed by atoms with E-state index in [1.54, 1.807) is 25.2 Å². The molecule has 2 rings (SSSR count). The van der Waals surface area contributed by atoms with Crippen molar-refractivity contribution in [2.24, 2.45) is 0 Å². The van der Waals surface area contributed by atoms with Crippen LogP contribution >= 0.6 is 11.3 Å². The van der Waals surface area contributed by atoms with Crippen molar-refractivity contribution >= 4 is 28.6 Å². The predicted octanol–water partition coefficient (Wildman–Crippen LogP) is 4.42. The van der Waals surface area contributed by atoms with Crippen LogP contribution in [0.4, 0.5) is 11.4 Å². The van der Waals surface area contributed by atoms with Gasteiger partial charge in [-0.3, -0.25) is 14.9 Å². The molecule has 1 amide bonds. The Labute approximate surface area is 156 Å². The number of hydrogen-bond donors (Lipinski definition) is 1. The Morgan fingerprint density at radius 3 is 2.50 bits per heavy atom. The summed E-state index contributed by atoms with van der Waals surface area (Å²) in [6, 6.07) is 6.73. The van der Waals surface area contributed by atoms with Crippen LogP contribution in [0.15, 0.2) is 29.6 Å². The van der Waals surface area contributed by atoms with Gasteiger partial charge in [0.2, 0.25) is 5.91 Å². The highest BCUT2D eigenvalue weighted by atomic mass is 32.1. The first-order valence-corrected chi connectivity index (χ1v) is 9.33. The van der Waals surface area contributed by atoms with Gasteiger partial charge in [0.05, 0.1) is 24.2 Å². The number of aryl methyl sites for hydroxylation is 1. The van der Waals surface area contributed by atoms with Crippen LogP contribution in [0.2, 0.25) is 0 Å². The fraction of sp³-hybridized carbons (Fsp3) is 0.389. The Morgan fingerprint density at radius 1 is 1.23 bits per heavy atom. The molecule has 1 N–H and O–H groups in total. The fourth-order valence-corrected chi connectivity index (χ4v) is 3.18. The molecule has 0 saturated carbocycles. The van der Waals surface area contributed by atoms with Gasteiger partial charge in [0.25, 0.3) is 5.69 Å². The molecule has 0 aliphatic rings. The highest BCUT2D eigenvalue weighted by Crippen LogP contribution is 2.38. The molecular formula is C18H22N2O5S. The molecule has 1 heterocycles. The molecule has 0 saturated heterocycles. The van der Waals surface area contributed by atoms with Crippen LogP contribution in [0.5, 0.6) is 11.5 Å². The first-order valence-electron chi connectivity index (χ1n) is 8.45. The van der Waals surface area contributed by atoms with Crippen molar-refractivity contribution < 1.29 is 19.2 Å². The molecule has 7 nitrogen and oxygen atoms in total. The molecule has 0 spiro atoms. The summed E-state index contributed by atoms with van der Waals surface area (Å²) in [6.07, 6.45) is 1.77. The number of ether oxygens (including phenoxy) is 2. The summed E-state index contributed by atoms with van der Waals surface area (Å²) < 4.78 is 10.9. The Hall–Kier alpha value is -2.61. The van der Waals surface area contributed by atoms with Crippen LogP contribution in [0.25, 0.3) is 0 Å². The van der Waals surface area contributed by atoms with E-state index in [4.69, 9.17) is 9.47 Å². The molecule has 0 radical (unpaired) electrons. The quantitative estimate of drug-likeness (QED) is 0.488. The third-order valence-electron chi connectivity index (χ3n) is 3.54. The zero-order chi connectivity index (χ0) is 18.9. The summed E-state index contributed by atoms with van der Waals surface area (Å²) >= 11 is 1.65. The molecule has 0 atom stereocenters. The molecule has 0 aliphatic carbocycles. The molecule has 0 aliphatic heterocycles.